The molecule has 0 bridgehead atoms. The summed E-state index contributed by atoms with van der Waals surface area (Å²) in [6, 6.07) is 22.7. The predicted octanol–water partition coefficient (Wildman–Crippen LogP) is 4.39. The number of rotatable bonds is 5. The van der Waals surface area contributed by atoms with Crippen molar-refractivity contribution >= 4 is 17.5 Å². The number of anilines is 1. The summed E-state index contributed by atoms with van der Waals surface area (Å²) >= 11 is 0. The molecule has 0 saturated heterocycles. The molecule has 0 aliphatic carbocycles. The topological polar surface area (TPSA) is 59.9 Å². The summed E-state index contributed by atoms with van der Waals surface area (Å²) in [6.45, 7) is 1.20. The molecule has 28 heavy (non-hydrogen) atoms. The van der Waals surface area contributed by atoms with Crippen LogP contribution in [0.2, 0.25) is 0 Å². The van der Waals surface area contributed by atoms with Crippen molar-refractivity contribution in [3.63, 3.8) is 0 Å². The zero-order valence-electron chi connectivity index (χ0n) is 15.5. The second-order valence-corrected chi connectivity index (χ2v) is 6.28. The number of methoxy groups -OCH3 is 1. The van der Waals surface area contributed by atoms with Gasteiger partial charge in [-0.1, -0.05) is 48.5 Å². The van der Waals surface area contributed by atoms with E-state index >= 15 is 0 Å². The van der Waals surface area contributed by atoms with Gasteiger partial charge in [0.05, 0.1) is 24.9 Å². The SMILES string of the molecule is COc1ccccc1-c1ccccc1C(=O)Nc1ccccc1C1=NCCO1. The van der Waals surface area contributed by atoms with E-state index in [0.717, 1.165) is 22.4 Å². The Morgan fingerprint density at radius 1 is 0.929 bits per heavy atom. The highest BCUT2D eigenvalue weighted by molar-refractivity contribution is 6.12. The molecule has 140 valence electrons. The van der Waals surface area contributed by atoms with Crippen LogP contribution in [0.1, 0.15) is 15.9 Å². The van der Waals surface area contributed by atoms with Crippen molar-refractivity contribution in [1.82, 2.24) is 0 Å². The third-order valence-corrected chi connectivity index (χ3v) is 4.56. The maximum atomic E-state index is 13.1. The van der Waals surface area contributed by atoms with E-state index in [9.17, 15) is 4.79 Å². The van der Waals surface area contributed by atoms with Crippen molar-refractivity contribution in [2.75, 3.05) is 25.6 Å². The van der Waals surface area contributed by atoms with Crippen LogP contribution < -0.4 is 10.1 Å². The minimum Gasteiger partial charge on any atom is -0.496 e. The first kappa shape index (κ1) is 17.8. The number of para-hydroxylation sites is 2. The second-order valence-electron chi connectivity index (χ2n) is 6.28. The van der Waals surface area contributed by atoms with E-state index in [0.29, 0.717) is 30.3 Å². The maximum absolute atomic E-state index is 13.1. The lowest BCUT2D eigenvalue weighted by atomic mass is 9.98. The van der Waals surface area contributed by atoms with Crippen LogP contribution in [0.4, 0.5) is 5.69 Å². The number of hydrogen-bond acceptors (Lipinski definition) is 4. The monoisotopic (exact) mass is 372 g/mol. The molecule has 3 aromatic rings. The first-order valence-electron chi connectivity index (χ1n) is 9.08. The minimum absolute atomic E-state index is 0.201. The number of hydrogen-bond donors (Lipinski definition) is 1. The second kappa shape index (κ2) is 7.96. The Morgan fingerprint density at radius 3 is 2.36 bits per heavy atom. The van der Waals surface area contributed by atoms with Crippen LogP contribution in [0.15, 0.2) is 77.8 Å². The van der Waals surface area contributed by atoms with Gasteiger partial charge in [-0.15, -0.1) is 0 Å². The first-order valence-corrected chi connectivity index (χ1v) is 9.08. The van der Waals surface area contributed by atoms with E-state index in [-0.39, 0.29) is 5.91 Å². The maximum Gasteiger partial charge on any atom is 0.256 e. The molecule has 0 unspecified atom stereocenters. The largest absolute Gasteiger partial charge is 0.496 e. The molecule has 1 aliphatic rings. The van der Waals surface area contributed by atoms with Gasteiger partial charge in [0, 0.05) is 11.1 Å². The molecular weight excluding hydrogens is 352 g/mol. The van der Waals surface area contributed by atoms with Crippen LogP contribution in [0.3, 0.4) is 0 Å². The van der Waals surface area contributed by atoms with E-state index in [1.54, 1.807) is 7.11 Å². The minimum atomic E-state index is -0.201. The van der Waals surface area contributed by atoms with E-state index in [4.69, 9.17) is 9.47 Å². The standard InChI is InChI=1S/C23H20N2O3/c1-27-21-13-7-5-9-17(21)16-8-2-3-10-18(16)22(26)25-20-12-6-4-11-19(20)23-24-14-15-28-23/h2-13H,14-15H2,1H3,(H,25,26). The van der Waals surface area contributed by atoms with Crippen molar-refractivity contribution in [3.8, 4) is 16.9 Å². The first-order chi connectivity index (χ1) is 13.8. The average molecular weight is 372 g/mol. The van der Waals surface area contributed by atoms with Gasteiger partial charge >= 0.3 is 0 Å². The van der Waals surface area contributed by atoms with Gasteiger partial charge in [0.2, 0.25) is 5.90 Å². The zero-order valence-corrected chi connectivity index (χ0v) is 15.5. The fourth-order valence-corrected chi connectivity index (χ4v) is 3.25. The molecule has 5 heteroatoms. The molecule has 0 atom stereocenters. The molecule has 5 nitrogen and oxygen atoms in total. The molecule has 0 fully saturated rings. The smallest absolute Gasteiger partial charge is 0.256 e. The normalized spacial score (nSPS) is 12.8. The van der Waals surface area contributed by atoms with Crippen molar-refractivity contribution < 1.29 is 14.3 Å². The molecule has 3 aromatic carbocycles. The van der Waals surface area contributed by atoms with E-state index in [1.165, 1.54) is 0 Å². The number of ether oxygens (including phenoxy) is 2. The van der Waals surface area contributed by atoms with Crippen LogP contribution >= 0.6 is 0 Å². The highest BCUT2D eigenvalue weighted by atomic mass is 16.5. The lowest BCUT2D eigenvalue weighted by Gasteiger charge is -2.14. The Kier molecular flexibility index (Phi) is 5.06. The Morgan fingerprint density at radius 2 is 1.61 bits per heavy atom. The summed E-state index contributed by atoms with van der Waals surface area (Å²) in [5.41, 5.74) is 3.69. The number of aliphatic imine (C=N–C) groups is 1. The third-order valence-electron chi connectivity index (χ3n) is 4.56. The lowest BCUT2D eigenvalue weighted by molar-refractivity contribution is 0.102. The predicted molar refractivity (Wildman–Crippen MR) is 110 cm³/mol. The Hall–Kier alpha value is -3.60. The summed E-state index contributed by atoms with van der Waals surface area (Å²) < 4.78 is 11.0. The Bertz CT molecular complexity index is 1040. The molecule has 1 aliphatic heterocycles. The Balaban J connectivity index is 1.70. The van der Waals surface area contributed by atoms with Crippen LogP contribution in [0, 0.1) is 0 Å². The van der Waals surface area contributed by atoms with Crippen LogP contribution in [-0.4, -0.2) is 32.1 Å². The summed E-state index contributed by atoms with van der Waals surface area (Å²) in [6.07, 6.45) is 0. The molecule has 1 amide bonds. The van der Waals surface area contributed by atoms with Crippen molar-refractivity contribution in [2.24, 2.45) is 4.99 Å². The van der Waals surface area contributed by atoms with Gasteiger partial charge < -0.3 is 14.8 Å². The number of amides is 1. The van der Waals surface area contributed by atoms with E-state index in [2.05, 4.69) is 10.3 Å². The molecule has 0 aromatic heterocycles. The van der Waals surface area contributed by atoms with Gasteiger partial charge in [0.25, 0.3) is 5.91 Å². The molecule has 1 N–H and O–H groups in total. The molecule has 0 spiro atoms. The fraction of sp³-hybridized carbons (Fsp3) is 0.130. The van der Waals surface area contributed by atoms with Crippen molar-refractivity contribution in [3.05, 3.63) is 83.9 Å². The van der Waals surface area contributed by atoms with Gasteiger partial charge in [-0.25, -0.2) is 4.99 Å². The highest BCUT2D eigenvalue weighted by Gasteiger charge is 2.19. The highest BCUT2D eigenvalue weighted by Crippen LogP contribution is 2.32. The van der Waals surface area contributed by atoms with Gasteiger partial charge in [-0.05, 0) is 29.8 Å². The van der Waals surface area contributed by atoms with Crippen LogP contribution in [0.5, 0.6) is 5.75 Å². The van der Waals surface area contributed by atoms with Gasteiger partial charge in [-0.3, -0.25) is 4.79 Å². The van der Waals surface area contributed by atoms with Crippen molar-refractivity contribution in [2.45, 2.75) is 0 Å². The van der Waals surface area contributed by atoms with Crippen LogP contribution in [-0.2, 0) is 4.74 Å². The summed E-state index contributed by atoms with van der Waals surface area (Å²) in [7, 11) is 1.63. The van der Waals surface area contributed by atoms with Crippen LogP contribution in [0.25, 0.3) is 11.1 Å². The summed E-state index contributed by atoms with van der Waals surface area (Å²) in [5, 5.41) is 3.01. The fourth-order valence-electron chi connectivity index (χ4n) is 3.25. The quantitative estimate of drug-likeness (QED) is 0.722. The summed E-state index contributed by atoms with van der Waals surface area (Å²) in [4.78, 5) is 17.5. The third kappa shape index (κ3) is 3.47. The number of carbonyl (C=O) groups is 1. The number of nitrogens with one attached hydrogen (secondary N) is 1. The van der Waals surface area contributed by atoms with Crippen molar-refractivity contribution in [1.29, 1.82) is 0 Å². The average Bonchev–Trinajstić information content (AvgIpc) is 3.29. The summed E-state index contributed by atoms with van der Waals surface area (Å²) in [5.74, 6) is 1.08. The van der Waals surface area contributed by atoms with E-state index < -0.39 is 0 Å². The van der Waals surface area contributed by atoms with Gasteiger partial charge in [0.1, 0.15) is 12.4 Å². The Labute approximate surface area is 163 Å². The molecule has 0 radical (unpaired) electrons. The van der Waals surface area contributed by atoms with Gasteiger partial charge in [-0.2, -0.15) is 0 Å². The molecule has 0 saturated carbocycles. The molecule has 4 rings (SSSR count). The molecule has 1 heterocycles. The zero-order chi connectivity index (χ0) is 19.3. The number of benzene rings is 3. The molecular formula is C23H20N2O3. The van der Waals surface area contributed by atoms with E-state index in [1.807, 2.05) is 72.8 Å². The lowest BCUT2D eigenvalue weighted by Crippen LogP contribution is -2.16. The number of carbonyl (C=O) groups excluding carboxylic acids is 1. The number of nitrogens with zero attached hydrogens (tertiary/aromatic N) is 1. The van der Waals surface area contributed by atoms with Gasteiger partial charge in [0.15, 0.2) is 0 Å².